The second-order valence-corrected chi connectivity index (χ2v) is 6.81. The first-order valence-electron chi connectivity index (χ1n) is 7.84. The summed E-state index contributed by atoms with van der Waals surface area (Å²) in [5, 5.41) is 2.84. The van der Waals surface area contributed by atoms with E-state index in [0.717, 1.165) is 21.9 Å². The van der Waals surface area contributed by atoms with E-state index in [0.29, 0.717) is 18.7 Å². The molecule has 0 aliphatic carbocycles. The molecule has 0 fully saturated rings. The SMILES string of the molecule is COCCNC(=O)c1ccc2c(c1)N=C(C)c1cc(C)ccc1S2. The van der Waals surface area contributed by atoms with Crippen molar-refractivity contribution in [1.82, 2.24) is 5.32 Å². The number of aliphatic imine (C=N–C) groups is 1. The summed E-state index contributed by atoms with van der Waals surface area (Å²) in [6.45, 7) is 5.09. The van der Waals surface area contributed by atoms with E-state index in [4.69, 9.17) is 9.73 Å². The molecule has 2 aromatic carbocycles. The number of hydrogen-bond acceptors (Lipinski definition) is 4. The number of ether oxygens (including phenoxy) is 1. The van der Waals surface area contributed by atoms with Gasteiger partial charge in [0.1, 0.15) is 0 Å². The average Bonchev–Trinajstić information content (AvgIpc) is 2.70. The van der Waals surface area contributed by atoms with Crippen LogP contribution in [0.1, 0.15) is 28.4 Å². The maximum absolute atomic E-state index is 12.2. The molecule has 1 aliphatic heterocycles. The van der Waals surface area contributed by atoms with E-state index in [1.807, 2.05) is 25.1 Å². The molecule has 1 heterocycles. The Kier molecular flexibility index (Phi) is 5.02. The zero-order valence-corrected chi connectivity index (χ0v) is 14.9. The molecule has 4 nitrogen and oxygen atoms in total. The van der Waals surface area contributed by atoms with E-state index in [1.54, 1.807) is 18.9 Å². The first-order chi connectivity index (χ1) is 11.6. The number of hydrogen-bond donors (Lipinski definition) is 1. The summed E-state index contributed by atoms with van der Waals surface area (Å²) in [4.78, 5) is 19.2. The van der Waals surface area contributed by atoms with Crippen LogP contribution in [0.5, 0.6) is 0 Å². The van der Waals surface area contributed by atoms with E-state index < -0.39 is 0 Å². The van der Waals surface area contributed by atoms with Gasteiger partial charge in [0, 0.05) is 40.3 Å². The quantitative estimate of drug-likeness (QED) is 0.857. The first-order valence-corrected chi connectivity index (χ1v) is 8.65. The van der Waals surface area contributed by atoms with Gasteiger partial charge in [-0.1, -0.05) is 23.4 Å². The van der Waals surface area contributed by atoms with Gasteiger partial charge in [0.2, 0.25) is 0 Å². The maximum atomic E-state index is 12.2. The van der Waals surface area contributed by atoms with Gasteiger partial charge in [-0.3, -0.25) is 9.79 Å². The second-order valence-electron chi connectivity index (χ2n) is 5.73. The van der Waals surface area contributed by atoms with Crippen LogP contribution in [0.4, 0.5) is 5.69 Å². The molecular formula is C19H20N2O2S. The highest BCUT2D eigenvalue weighted by atomic mass is 32.2. The van der Waals surface area contributed by atoms with Gasteiger partial charge in [-0.15, -0.1) is 0 Å². The number of benzene rings is 2. The lowest BCUT2D eigenvalue weighted by Gasteiger charge is -2.08. The number of rotatable bonds is 4. The summed E-state index contributed by atoms with van der Waals surface area (Å²) in [5.41, 5.74) is 4.79. The highest BCUT2D eigenvalue weighted by Crippen LogP contribution is 2.40. The molecule has 0 saturated heterocycles. The summed E-state index contributed by atoms with van der Waals surface area (Å²) < 4.78 is 4.95. The number of fused-ring (bicyclic) bond motifs is 2. The Bertz CT molecular complexity index is 815. The van der Waals surface area contributed by atoms with Crippen molar-refractivity contribution < 1.29 is 9.53 Å². The van der Waals surface area contributed by atoms with Crippen molar-refractivity contribution in [1.29, 1.82) is 0 Å². The summed E-state index contributed by atoms with van der Waals surface area (Å²) >= 11 is 1.69. The van der Waals surface area contributed by atoms with Crippen LogP contribution >= 0.6 is 11.8 Å². The lowest BCUT2D eigenvalue weighted by molar-refractivity contribution is 0.0937. The third kappa shape index (κ3) is 3.52. The summed E-state index contributed by atoms with van der Waals surface area (Å²) in [5.74, 6) is -0.106. The summed E-state index contributed by atoms with van der Waals surface area (Å²) in [6, 6.07) is 12.1. The maximum Gasteiger partial charge on any atom is 0.251 e. The smallest absolute Gasteiger partial charge is 0.251 e. The van der Waals surface area contributed by atoms with Crippen molar-refractivity contribution in [3.63, 3.8) is 0 Å². The van der Waals surface area contributed by atoms with Crippen molar-refractivity contribution in [3.8, 4) is 0 Å². The fraction of sp³-hybridized carbons (Fsp3) is 0.263. The molecule has 3 rings (SSSR count). The minimum Gasteiger partial charge on any atom is -0.383 e. The first kappa shape index (κ1) is 16.7. The third-order valence-corrected chi connectivity index (χ3v) is 4.99. The van der Waals surface area contributed by atoms with Crippen molar-refractivity contribution in [2.24, 2.45) is 4.99 Å². The Morgan fingerprint density at radius 3 is 2.75 bits per heavy atom. The van der Waals surface area contributed by atoms with E-state index in [-0.39, 0.29) is 5.91 Å². The van der Waals surface area contributed by atoms with E-state index in [9.17, 15) is 4.79 Å². The molecule has 1 amide bonds. The van der Waals surface area contributed by atoms with Gasteiger partial charge in [-0.05, 0) is 44.2 Å². The van der Waals surface area contributed by atoms with Gasteiger partial charge < -0.3 is 10.1 Å². The van der Waals surface area contributed by atoms with Gasteiger partial charge in [0.15, 0.2) is 0 Å². The number of amides is 1. The minimum absolute atomic E-state index is 0.106. The number of aryl methyl sites for hydroxylation is 1. The van der Waals surface area contributed by atoms with Gasteiger partial charge in [0.25, 0.3) is 5.91 Å². The van der Waals surface area contributed by atoms with Gasteiger partial charge >= 0.3 is 0 Å². The van der Waals surface area contributed by atoms with Crippen LogP contribution in [0.15, 0.2) is 51.2 Å². The monoisotopic (exact) mass is 340 g/mol. The van der Waals surface area contributed by atoms with Gasteiger partial charge in [-0.25, -0.2) is 0 Å². The molecule has 1 aliphatic rings. The molecule has 0 saturated carbocycles. The van der Waals surface area contributed by atoms with E-state index in [2.05, 4.69) is 30.4 Å². The number of methoxy groups -OCH3 is 1. The summed E-state index contributed by atoms with van der Waals surface area (Å²) in [6.07, 6.45) is 0. The third-order valence-electron chi connectivity index (χ3n) is 3.85. The van der Waals surface area contributed by atoms with E-state index >= 15 is 0 Å². The molecule has 1 N–H and O–H groups in total. The number of carbonyl (C=O) groups is 1. The van der Waals surface area contributed by atoms with Crippen molar-refractivity contribution in [2.75, 3.05) is 20.3 Å². The Hall–Kier alpha value is -2.11. The molecule has 0 atom stereocenters. The zero-order chi connectivity index (χ0) is 17.1. The van der Waals surface area contributed by atoms with Gasteiger partial charge in [0.05, 0.1) is 12.3 Å². The number of nitrogens with one attached hydrogen (secondary N) is 1. The highest BCUT2D eigenvalue weighted by Gasteiger charge is 2.17. The van der Waals surface area contributed by atoms with Crippen molar-refractivity contribution in [3.05, 3.63) is 53.1 Å². The molecule has 0 unspecified atom stereocenters. The highest BCUT2D eigenvalue weighted by molar-refractivity contribution is 7.99. The molecule has 2 aromatic rings. The van der Waals surface area contributed by atoms with Gasteiger partial charge in [-0.2, -0.15) is 0 Å². The van der Waals surface area contributed by atoms with Crippen LogP contribution in [0, 0.1) is 6.92 Å². The molecule has 124 valence electrons. The topological polar surface area (TPSA) is 50.7 Å². The van der Waals surface area contributed by atoms with Crippen LogP contribution in [0.3, 0.4) is 0 Å². The predicted octanol–water partition coefficient (Wildman–Crippen LogP) is 3.98. The minimum atomic E-state index is -0.106. The van der Waals surface area contributed by atoms with Crippen molar-refractivity contribution in [2.45, 2.75) is 23.6 Å². The van der Waals surface area contributed by atoms with Crippen LogP contribution in [-0.4, -0.2) is 31.9 Å². The Balaban J connectivity index is 1.92. The van der Waals surface area contributed by atoms with Crippen LogP contribution in [-0.2, 0) is 4.74 Å². The molecule has 0 radical (unpaired) electrons. The predicted molar refractivity (Wildman–Crippen MR) is 97.8 cm³/mol. The number of nitrogens with zero attached hydrogens (tertiary/aromatic N) is 1. The zero-order valence-electron chi connectivity index (χ0n) is 14.1. The molecule has 0 bridgehead atoms. The fourth-order valence-electron chi connectivity index (χ4n) is 2.58. The summed E-state index contributed by atoms with van der Waals surface area (Å²) in [7, 11) is 1.61. The molecule has 0 aromatic heterocycles. The Labute approximate surface area is 146 Å². The molecular weight excluding hydrogens is 320 g/mol. The lowest BCUT2D eigenvalue weighted by Crippen LogP contribution is -2.26. The lowest BCUT2D eigenvalue weighted by atomic mass is 10.1. The average molecular weight is 340 g/mol. The fourth-order valence-corrected chi connectivity index (χ4v) is 3.61. The Morgan fingerprint density at radius 1 is 1.17 bits per heavy atom. The van der Waals surface area contributed by atoms with E-state index in [1.165, 1.54) is 10.5 Å². The standard InChI is InChI=1S/C19H20N2O2S/c1-12-4-6-17-15(10-12)13(2)21-16-11-14(5-7-18(16)24-17)19(22)20-8-9-23-3/h4-7,10-11H,8-9H2,1-3H3,(H,20,22). The van der Waals surface area contributed by atoms with Crippen molar-refractivity contribution >= 4 is 29.1 Å². The second kappa shape index (κ2) is 7.20. The molecule has 5 heteroatoms. The molecule has 24 heavy (non-hydrogen) atoms. The van der Waals surface area contributed by atoms with Crippen LogP contribution < -0.4 is 5.32 Å². The normalized spacial score (nSPS) is 12.7. The largest absolute Gasteiger partial charge is 0.383 e. The molecule has 0 spiro atoms. The number of carbonyl (C=O) groups excluding carboxylic acids is 1. The Morgan fingerprint density at radius 2 is 1.96 bits per heavy atom. The van der Waals surface area contributed by atoms with Crippen LogP contribution in [0.2, 0.25) is 0 Å². The van der Waals surface area contributed by atoms with Crippen LogP contribution in [0.25, 0.3) is 0 Å².